The number of H-pyrrole nitrogens is 1. The molecule has 1 aromatic carbocycles. The minimum atomic E-state index is -0.240. The summed E-state index contributed by atoms with van der Waals surface area (Å²) in [4.78, 5) is 17.1. The van der Waals surface area contributed by atoms with Gasteiger partial charge in [-0.15, -0.1) is 0 Å². The lowest BCUT2D eigenvalue weighted by molar-refractivity contribution is 0.102. The third-order valence-electron chi connectivity index (χ3n) is 4.07. The van der Waals surface area contributed by atoms with Crippen molar-refractivity contribution in [3.05, 3.63) is 60.0 Å². The van der Waals surface area contributed by atoms with Gasteiger partial charge in [0.15, 0.2) is 5.65 Å². The van der Waals surface area contributed by atoms with Gasteiger partial charge in [0, 0.05) is 18.0 Å². The highest BCUT2D eigenvalue weighted by atomic mass is 16.1. The minimum absolute atomic E-state index is 0.240. The van der Waals surface area contributed by atoms with E-state index in [9.17, 15) is 4.79 Å². The summed E-state index contributed by atoms with van der Waals surface area (Å²) in [7, 11) is 1.85. The largest absolute Gasteiger partial charge is 0.320 e. The molecule has 0 aliphatic rings. The second-order valence-electron chi connectivity index (χ2n) is 5.78. The Kier molecular flexibility index (Phi) is 3.53. The van der Waals surface area contributed by atoms with Crippen LogP contribution in [0.4, 0.5) is 5.69 Å². The molecule has 0 saturated heterocycles. The Bertz CT molecular complexity index is 1060. The first-order valence-corrected chi connectivity index (χ1v) is 7.83. The van der Waals surface area contributed by atoms with E-state index in [-0.39, 0.29) is 5.91 Å². The summed E-state index contributed by atoms with van der Waals surface area (Å²) in [5, 5.41) is 15.0. The van der Waals surface area contributed by atoms with Gasteiger partial charge >= 0.3 is 0 Å². The predicted octanol–water partition coefficient (Wildman–Crippen LogP) is 2.92. The van der Waals surface area contributed by atoms with Gasteiger partial charge < -0.3 is 5.32 Å². The molecule has 4 rings (SSSR count). The molecule has 0 unspecified atom stereocenters. The third-order valence-corrected chi connectivity index (χ3v) is 4.07. The molecule has 124 valence electrons. The lowest BCUT2D eigenvalue weighted by Gasteiger charge is -2.06. The van der Waals surface area contributed by atoms with Crippen molar-refractivity contribution in [1.29, 1.82) is 0 Å². The van der Waals surface area contributed by atoms with E-state index in [1.54, 1.807) is 10.9 Å². The van der Waals surface area contributed by atoms with Crippen LogP contribution in [-0.2, 0) is 7.05 Å². The zero-order valence-electron chi connectivity index (χ0n) is 13.8. The highest BCUT2D eigenvalue weighted by Gasteiger charge is 2.16. The molecule has 0 atom stereocenters. The number of nitrogens with one attached hydrogen (secondary N) is 2. The van der Waals surface area contributed by atoms with Crippen molar-refractivity contribution >= 4 is 22.6 Å². The molecule has 7 heteroatoms. The molecule has 2 N–H and O–H groups in total. The van der Waals surface area contributed by atoms with E-state index in [0.717, 1.165) is 22.3 Å². The monoisotopic (exact) mass is 332 g/mol. The first-order valence-electron chi connectivity index (χ1n) is 7.83. The van der Waals surface area contributed by atoms with Gasteiger partial charge in [-0.1, -0.05) is 30.3 Å². The molecule has 0 aliphatic carbocycles. The zero-order valence-corrected chi connectivity index (χ0v) is 13.8. The number of carbonyl (C=O) groups is 1. The molecule has 0 bridgehead atoms. The topological polar surface area (TPSA) is 88.5 Å². The minimum Gasteiger partial charge on any atom is -0.320 e. The molecule has 3 aromatic heterocycles. The summed E-state index contributed by atoms with van der Waals surface area (Å²) in [6.45, 7) is 1.92. The molecule has 0 aliphatic heterocycles. The quantitative estimate of drug-likeness (QED) is 0.604. The molecule has 3 heterocycles. The number of aromatic nitrogens is 5. The SMILES string of the molecule is Cc1nn(C)c2ncc(NC(=O)c3cn[nH]c3-c3ccccc3)cc12. The number of aromatic amines is 1. The van der Waals surface area contributed by atoms with Crippen LogP contribution in [0.25, 0.3) is 22.3 Å². The van der Waals surface area contributed by atoms with Crippen LogP contribution in [0.5, 0.6) is 0 Å². The van der Waals surface area contributed by atoms with Crippen LogP contribution in [0.15, 0.2) is 48.8 Å². The Labute approximate surface area is 143 Å². The number of hydrogen-bond donors (Lipinski definition) is 2. The molecule has 0 radical (unpaired) electrons. The number of rotatable bonds is 3. The molecule has 4 aromatic rings. The van der Waals surface area contributed by atoms with Gasteiger partial charge in [-0.05, 0) is 13.0 Å². The maximum Gasteiger partial charge on any atom is 0.259 e. The maximum atomic E-state index is 12.7. The van der Waals surface area contributed by atoms with Crippen molar-refractivity contribution in [3.8, 4) is 11.3 Å². The highest BCUT2D eigenvalue weighted by Crippen LogP contribution is 2.23. The van der Waals surface area contributed by atoms with Crippen LogP contribution >= 0.6 is 0 Å². The van der Waals surface area contributed by atoms with Crippen LogP contribution < -0.4 is 5.32 Å². The van der Waals surface area contributed by atoms with E-state index >= 15 is 0 Å². The van der Waals surface area contributed by atoms with Crippen LogP contribution in [-0.4, -0.2) is 30.9 Å². The van der Waals surface area contributed by atoms with Crippen LogP contribution in [0.1, 0.15) is 16.1 Å². The number of hydrogen-bond acceptors (Lipinski definition) is 4. The van der Waals surface area contributed by atoms with Gasteiger partial charge in [-0.3, -0.25) is 14.6 Å². The third kappa shape index (κ3) is 2.65. The first-order chi connectivity index (χ1) is 12.1. The van der Waals surface area contributed by atoms with Crippen molar-refractivity contribution in [2.24, 2.45) is 7.05 Å². The van der Waals surface area contributed by atoms with Gasteiger partial charge in [0.05, 0.1) is 35.0 Å². The highest BCUT2D eigenvalue weighted by molar-refractivity contribution is 6.08. The standard InChI is InChI=1S/C18H16N6O/c1-11-14-8-13(9-19-17(14)24(2)23-11)21-18(25)15-10-20-22-16(15)12-6-4-3-5-7-12/h3-10H,1-2H3,(H,20,22)(H,21,25). The zero-order chi connectivity index (χ0) is 17.4. The number of benzene rings is 1. The second kappa shape index (κ2) is 5.86. The van der Waals surface area contributed by atoms with E-state index in [0.29, 0.717) is 16.9 Å². The second-order valence-corrected chi connectivity index (χ2v) is 5.78. The lowest BCUT2D eigenvalue weighted by atomic mass is 10.1. The number of pyridine rings is 1. The van der Waals surface area contributed by atoms with Gasteiger partial charge in [-0.25, -0.2) is 4.98 Å². The van der Waals surface area contributed by atoms with Crippen LogP contribution in [0, 0.1) is 6.92 Å². The van der Waals surface area contributed by atoms with Crippen LogP contribution in [0.3, 0.4) is 0 Å². The van der Waals surface area contributed by atoms with Crippen molar-refractivity contribution < 1.29 is 4.79 Å². The summed E-state index contributed by atoms with van der Waals surface area (Å²) in [5.74, 6) is -0.240. The molecular weight excluding hydrogens is 316 g/mol. The van der Waals surface area contributed by atoms with E-state index in [1.165, 1.54) is 6.20 Å². The number of amides is 1. The maximum absolute atomic E-state index is 12.7. The summed E-state index contributed by atoms with van der Waals surface area (Å²) in [5.41, 5.74) is 4.34. The fourth-order valence-electron chi connectivity index (χ4n) is 2.86. The normalized spacial score (nSPS) is 11.0. The Morgan fingerprint density at radius 1 is 1.20 bits per heavy atom. The van der Waals surface area contributed by atoms with E-state index in [4.69, 9.17) is 0 Å². The number of anilines is 1. The lowest BCUT2D eigenvalue weighted by Crippen LogP contribution is -2.12. The van der Waals surface area contributed by atoms with Crippen LogP contribution in [0.2, 0.25) is 0 Å². The summed E-state index contributed by atoms with van der Waals surface area (Å²) in [6.07, 6.45) is 3.16. The van der Waals surface area contributed by atoms with Crippen molar-refractivity contribution in [2.45, 2.75) is 6.92 Å². The number of aryl methyl sites for hydroxylation is 2. The fraction of sp³-hybridized carbons (Fsp3) is 0.111. The number of nitrogens with zero attached hydrogens (tertiary/aromatic N) is 4. The smallest absolute Gasteiger partial charge is 0.259 e. The molecule has 0 spiro atoms. The van der Waals surface area contributed by atoms with Crippen molar-refractivity contribution in [2.75, 3.05) is 5.32 Å². The Hall–Kier alpha value is -3.48. The molecule has 25 heavy (non-hydrogen) atoms. The van der Waals surface area contributed by atoms with Gasteiger partial charge in [0.25, 0.3) is 5.91 Å². The average molecular weight is 332 g/mol. The molecule has 0 saturated carbocycles. The molecule has 1 amide bonds. The predicted molar refractivity (Wildman–Crippen MR) is 95.2 cm³/mol. The van der Waals surface area contributed by atoms with Gasteiger partial charge in [0.2, 0.25) is 0 Å². The summed E-state index contributed by atoms with van der Waals surface area (Å²) < 4.78 is 1.72. The van der Waals surface area contributed by atoms with E-state index in [2.05, 4.69) is 25.6 Å². The Balaban J connectivity index is 1.65. The van der Waals surface area contributed by atoms with Gasteiger partial charge in [-0.2, -0.15) is 10.2 Å². The number of fused-ring (bicyclic) bond motifs is 1. The Morgan fingerprint density at radius 3 is 2.80 bits per heavy atom. The fourth-order valence-corrected chi connectivity index (χ4v) is 2.86. The van der Waals surface area contributed by atoms with E-state index < -0.39 is 0 Å². The molecular formula is C18H16N6O. The van der Waals surface area contributed by atoms with Crippen molar-refractivity contribution in [1.82, 2.24) is 25.0 Å². The first kappa shape index (κ1) is 15.1. The molecule has 0 fully saturated rings. The number of carbonyl (C=O) groups excluding carboxylic acids is 1. The van der Waals surface area contributed by atoms with Gasteiger partial charge in [0.1, 0.15) is 0 Å². The summed E-state index contributed by atoms with van der Waals surface area (Å²) >= 11 is 0. The van der Waals surface area contributed by atoms with E-state index in [1.807, 2.05) is 50.4 Å². The average Bonchev–Trinajstić information content (AvgIpc) is 3.21. The molecule has 7 nitrogen and oxygen atoms in total. The summed E-state index contributed by atoms with van der Waals surface area (Å²) in [6, 6.07) is 11.5. The van der Waals surface area contributed by atoms with Crippen molar-refractivity contribution in [3.63, 3.8) is 0 Å². The Morgan fingerprint density at radius 2 is 2.00 bits per heavy atom.